The quantitative estimate of drug-likeness (QED) is 0.816. The summed E-state index contributed by atoms with van der Waals surface area (Å²) in [5.74, 6) is 2.40. The lowest BCUT2D eigenvalue weighted by Crippen LogP contribution is -2.42. The number of aromatic nitrogens is 4. The van der Waals surface area contributed by atoms with Crippen LogP contribution in [0.25, 0.3) is 0 Å². The zero-order valence-electron chi connectivity index (χ0n) is 14.7. The van der Waals surface area contributed by atoms with Gasteiger partial charge in [0.05, 0.1) is 11.9 Å². The third-order valence-corrected chi connectivity index (χ3v) is 5.41. The van der Waals surface area contributed by atoms with E-state index in [0.29, 0.717) is 17.4 Å². The number of hydrogen-bond acceptors (Lipinski definition) is 4. The van der Waals surface area contributed by atoms with Crippen molar-refractivity contribution in [3.8, 4) is 0 Å². The molecular formula is C18H23ClN6O. The molecule has 1 N–H and O–H groups in total. The Balaban J connectivity index is 1.45. The smallest absolute Gasteiger partial charge is 0.321 e. The van der Waals surface area contributed by atoms with Crippen molar-refractivity contribution in [3.63, 3.8) is 0 Å². The fraction of sp³-hybridized carbons (Fsp3) is 0.556. The van der Waals surface area contributed by atoms with E-state index in [1.165, 1.54) is 19.3 Å². The summed E-state index contributed by atoms with van der Waals surface area (Å²) in [7, 11) is 0. The third kappa shape index (κ3) is 3.67. The molecule has 0 aromatic carbocycles. The van der Waals surface area contributed by atoms with Gasteiger partial charge >= 0.3 is 6.03 Å². The van der Waals surface area contributed by atoms with Crippen LogP contribution < -0.4 is 5.32 Å². The fourth-order valence-electron chi connectivity index (χ4n) is 3.83. The summed E-state index contributed by atoms with van der Waals surface area (Å²) >= 11 is 5.79. The first-order valence-corrected chi connectivity index (χ1v) is 9.68. The molecule has 0 unspecified atom stereocenters. The van der Waals surface area contributed by atoms with Crippen LogP contribution in [0.4, 0.5) is 10.5 Å². The van der Waals surface area contributed by atoms with Crippen LogP contribution in [0.15, 0.2) is 18.3 Å². The fourth-order valence-corrected chi connectivity index (χ4v) is 3.95. The van der Waals surface area contributed by atoms with Crippen molar-refractivity contribution in [1.82, 2.24) is 24.6 Å². The molecule has 26 heavy (non-hydrogen) atoms. The Labute approximate surface area is 157 Å². The molecular weight excluding hydrogens is 352 g/mol. The Kier molecular flexibility index (Phi) is 5.06. The molecule has 2 aromatic heterocycles. The van der Waals surface area contributed by atoms with E-state index in [4.69, 9.17) is 11.6 Å². The van der Waals surface area contributed by atoms with E-state index < -0.39 is 0 Å². The standard InChI is InChI=1S/C18H23ClN6O/c19-15-8-7-14(11-20-15)21-18(26)24-9-4-5-13(12-24)17-23-22-16-6-2-1-3-10-25(16)17/h7-8,11,13H,1-6,9-10,12H2,(H,21,26)/t13-/m0/s1. The highest BCUT2D eigenvalue weighted by atomic mass is 35.5. The topological polar surface area (TPSA) is 75.9 Å². The van der Waals surface area contributed by atoms with Crippen LogP contribution >= 0.6 is 11.6 Å². The summed E-state index contributed by atoms with van der Waals surface area (Å²) < 4.78 is 2.29. The monoisotopic (exact) mass is 374 g/mol. The number of carbonyl (C=O) groups is 1. The molecule has 0 saturated carbocycles. The van der Waals surface area contributed by atoms with Gasteiger partial charge in [0.2, 0.25) is 0 Å². The van der Waals surface area contributed by atoms with Gasteiger partial charge in [0.25, 0.3) is 0 Å². The van der Waals surface area contributed by atoms with Gasteiger partial charge in [-0.1, -0.05) is 18.0 Å². The molecule has 138 valence electrons. The number of urea groups is 1. The van der Waals surface area contributed by atoms with E-state index in [9.17, 15) is 4.79 Å². The van der Waals surface area contributed by atoms with Crippen LogP contribution in [0.5, 0.6) is 0 Å². The number of anilines is 1. The minimum atomic E-state index is -0.102. The minimum absolute atomic E-state index is 0.102. The molecule has 2 aliphatic heterocycles. The molecule has 0 aliphatic carbocycles. The third-order valence-electron chi connectivity index (χ3n) is 5.19. The number of halogens is 1. The predicted octanol–water partition coefficient (Wildman–Crippen LogP) is 3.46. The molecule has 1 saturated heterocycles. The van der Waals surface area contributed by atoms with E-state index in [1.807, 2.05) is 4.90 Å². The van der Waals surface area contributed by atoms with Crippen LogP contribution in [0.3, 0.4) is 0 Å². The largest absolute Gasteiger partial charge is 0.324 e. The lowest BCUT2D eigenvalue weighted by atomic mass is 9.97. The van der Waals surface area contributed by atoms with Crippen LogP contribution in [0.1, 0.15) is 49.7 Å². The highest BCUT2D eigenvalue weighted by molar-refractivity contribution is 6.29. The zero-order chi connectivity index (χ0) is 17.9. The van der Waals surface area contributed by atoms with Crippen LogP contribution in [0, 0.1) is 0 Å². The van der Waals surface area contributed by atoms with Crippen molar-refractivity contribution in [2.75, 3.05) is 18.4 Å². The van der Waals surface area contributed by atoms with E-state index in [2.05, 4.69) is 25.1 Å². The number of nitrogens with one attached hydrogen (secondary N) is 1. The molecule has 0 bridgehead atoms. The molecule has 4 rings (SSSR count). The second-order valence-electron chi connectivity index (χ2n) is 7.02. The molecule has 7 nitrogen and oxygen atoms in total. The number of rotatable bonds is 2. The van der Waals surface area contributed by atoms with Crippen LogP contribution in [0.2, 0.25) is 5.15 Å². The second kappa shape index (κ2) is 7.61. The van der Waals surface area contributed by atoms with Gasteiger partial charge in [-0.2, -0.15) is 0 Å². The van der Waals surface area contributed by atoms with Gasteiger partial charge in [0.1, 0.15) is 16.8 Å². The van der Waals surface area contributed by atoms with Crippen LogP contribution in [-0.4, -0.2) is 43.8 Å². The number of aryl methyl sites for hydroxylation is 1. The van der Waals surface area contributed by atoms with Crippen molar-refractivity contribution < 1.29 is 4.79 Å². The first kappa shape index (κ1) is 17.3. The van der Waals surface area contributed by atoms with Gasteiger partial charge in [-0.05, 0) is 37.8 Å². The first-order valence-electron chi connectivity index (χ1n) is 9.30. The van der Waals surface area contributed by atoms with Crippen molar-refractivity contribution in [1.29, 1.82) is 0 Å². The number of likely N-dealkylation sites (tertiary alicyclic amines) is 1. The molecule has 1 atom stereocenters. The number of piperidine rings is 1. The van der Waals surface area contributed by atoms with Crippen molar-refractivity contribution in [2.24, 2.45) is 0 Å². The molecule has 0 radical (unpaired) electrons. The number of fused-ring (bicyclic) bond motifs is 1. The van der Waals surface area contributed by atoms with Gasteiger partial charge in [-0.15, -0.1) is 10.2 Å². The Morgan fingerprint density at radius 3 is 2.92 bits per heavy atom. The maximum Gasteiger partial charge on any atom is 0.321 e. The molecule has 2 aromatic rings. The molecule has 8 heteroatoms. The number of amides is 2. The van der Waals surface area contributed by atoms with Gasteiger partial charge < -0.3 is 14.8 Å². The van der Waals surface area contributed by atoms with Gasteiger partial charge in [0, 0.05) is 32.0 Å². The summed E-state index contributed by atoms with van der Waals surface area (Å²) in [4.78, 5) is 18.5. The minimum Gasteiger partial charge on any atom is -0.324 e. The van der Waals surface area contributed by atoms with Crippen molar-refractivity contribution in [3.05, 3.63) is 35.1 Å². The SMILES string of the molecule is O=C(Nc1ccc(Cl)nc1)N1CCC[C@H](c2nnc3n2CCCCC3)C1. The van der Waals surface area contributed by atoms with Crippen molar-refractivity contribution in [2.45, 2.75) is 51.0 Å². The summed E-state index contributed by atoms with van der Waals surface area (Å²) in [6, 6.07) is 3.32. The number of carbonyl (C=O) groups excluding carboxylic acids is 1. The van der Waals surface area contributed by atoms with E-state index >= 15 is 0 Å². The lowest BCUT2D eigenvalue weighted by Gasteiger charge is -2.32. The van der Waals surface area contributed by atoms with Gasteiger partial charge in [-0.3, -0.25) is 0 Å². The Bertz CT molecular complexity index is 774. The Morgan fingerprint density at radius 1 is 1.15 bits per heavy atom. The summed E-state index contributed by atoms with van der Waals surface area (Å²) in [6.07, 6.45) is 8.21. The van der Waals surface area contributed by atoms with Crippen LogP contribution in [-0.2, 0) is 13.0 Å². The van der Waals surface area contributed by atoms with E-state index in [0.717, 1.165) is 44.0 Å². The predicted molar refractivity (Wildman–Crippen MR) is 99.4 cm³/mol. The molecule has 4 heterocycles. The second-order valence-corrected chi connectivity index (χ2v) is 7.41. The normalized spacial score (nSPS) is 20.3. The zero-order valence-corrected chi connectivity index (χ0v) is 15.5. The first-order chi connectivity index (χ1) is 12.7. The van der Waals surface area contributed by atoms with E-state index in [-0.39, 0.29) is 11.9 Å². The Hall–Kier alpha value is -2.15. The highest BCUT2D eigenvalue weighted by Crippen LogP contribution is 2.28. The van der Waals surface area contributed by atoms with Crippen molar-refractivity contribution >= 4 is 23.3 Å². The number of nitrogens with zero attached hydrogens (tertiary/aromatic N) is 5. The molecule has 0 spiro atoms. The highest BCUT2D eigenvalue weighted by Gasteiger charge is 2.29. The lowest BCUT2D eigenvalue weighted by molar-refractivity contribution is 0.190. The maximum absolute atomic E-state index is 12.6. The Morgan fingerprint density at radius 2 is 2.08 bits per heavy atom. The van der Waals surface area contributed by atoms with Gasteiger partial charge in [0.15, 0.2) is 0 Å². The number of pyridine rings is 1. The van der Waals surface area contributed by atoms with E-state index in [1.54, 1.807) is 18.3 Å². The summed E-state index contributed by atoms with van der Waals surface area (Å²) in [6.45, 7) is 2.42. The molecule has 2 aliphatic rings. The molecule has 2 amide bonds. The summed E-state index contributed by atoms with van der Waals surface area (Å²) in [5, 5.41) is 12.2. The van der Waals surface area contributed by atoms with Gasteiger partial charge in [-0.25, -0.2) is 9.78 Å². The summed E-state index contributed by atoms with van der Waals surface area (Å²) in [5.41, 5.74) is 0.651. The maximum atomic E-state index is 12.6. The number of hydrogen-bond donors (Lipinski definition) is 1. The average molecular weight is 375 g/mol. The average Bonchev–Trinajstić information content (AvgIpc) is 2.92. The molecule has 1 fully saturated rings.